The molecule has 0 radical (unpaired) electrons. The molecule has 116 valence electrons. The number of carbonyl (C=O) groups is 2. The number of nitro groups is 1. The molecule has 0 heterocycles. The lowest BCUT2D eigenvalue weighted by Gasteiger charge is -2.06. The zero-order chi connectivity index (χ0) is 16.8. The quantitative estimate of drug-likeness (QED) is 0.500. The lowest BCUT2D eigenvalue weighted by atomic mass is 10.1. The molecule has 0 saturated heterocycles. The summed E-state index contributed by atoms with van der Waals surface area (Å²) in [7, 11) is 0. The van der Waals surface area contributed by atoms with E-state index in [1.54, 1.807) is 30.3 Å². The van der Waals surface area contributed by atoms with E-state index in [9.17, 15) is 24.8 Å². The van der Waals surface area contributed by atoms with Crippen molar-refractivity contribution in [3.05, 3.63) is 81.5 Å². The van der Waals surface area contributed by atoms with Crippen LogP contribution in [0.5, 0.6) is 0 Å². The average molecular weight is 312 g/mol. The van der Waals surface area contributed by atoms with Crippen molar-refractivity contribution < 1.29 is 19.6 Å². The van der Waals surface area contributed by atoms with E-state index >= 15 is 0 Å². The molecule has 2 aromatic carbocycles. The van der Waals surface area contributed by atoms with Crippen LogP contribution in [0.1, 0.15) is 15.9 Å². The minimum atomic E-state index is -1.35. The van der Waals surface area contributed by atoms with Gasteiger partial charge in [0.1, 0.15) is 5.70 Å². The Kier molecular flexibility index (Phi) is 4.83. The van der Waals surface area contributed by atoms with Gasteiger partial charge in [0.2, 0.25) is 0 Å². The van der Waals surface area contributed by atoms with Gasteiger partial charge in [-0.15, -0.1) is 0 Å². The van der Waals surface area contributed by atoms with Gasteiger partial charge in [0, 0.05) is 17.7 Å². The van der Waals surface area contributed by atoms with Crippen LogP contribution in [0.25, 0.3) is 6.08 Å². The second kappa shape index (κ2) is 6.99. The van der Waals surface area contributed by atoms with Crippen LogP contribution < -0.4 is 5.32 Å². The number of nitro benzene ring substituents is 1. The zero-order valence-corrected chi connectivity index (χ0v) is 11.8. The van der Waals surface area contributed by atoms with Crippen LogP contribution in [0.3, 0.4) is 0 Å². The van der Waals surface area contributed by atoms with Crippen LogP contribution in [-0.2, 0) is 4.79 Å². The fraction of sp³-hybridized carbons (Fsp3) is 0. The standard InChI is InChI=1S/C16H12N2O5/c19-15(12-6-2-1-3-7-12)17-14(16(20)21)10-11-5-4-8-13(9-11)18(22)23/h1-10H,(H,17,19)(H,20,21)/b14-10+. The number of nitrogens with one attached hydrogen (secondary N) is 1. The first-order valence-corrected chi connectivity index (χ1v) is 6.53. The summed E-state index contributed by atoms with van der Waals surface area (Å²) in [5.74, 6) is -1.93. The van der Waals surface area contributed by atoms with Crippen molar-refractivity contribution in [2.45, 2.75) is 0 Å². The predicted molar refractivity (Wildman–Crippen MR) is 82.6 cm³/mol. The SMILES string of the molecule is O=C(O)/C(=C\c1cccc([N+](=O)[O-])c1)NC(=O)c1ccccc1. The van der Waals surface area contributed by atoms with Gasteiger partial charge in [-0.1, -0.05) is 30.3 Å². The highest BCUT2D eigenvalue weighted by molar-refractivity contribution is 6.02. The maximum atomic E-state index is 12.0. The number of carbonyl (C=O) groups excluding carboxylic acids is 1. The number of hydrogen-bond acceptors (Lipinski definition) is 4. The fourth-order valence-electron chi connectivity index (χ4n) is 1.83. The molecule has 0 unspecified atom stereocenters. The highest BCUT2D eigenvalue weighted by Crippen LogP contribution is 2.15. The van der Waals surface area contributed by atoms with Gasteiger partial charge in [0.25, 0.3) is 11.6 Å². The van der Waals surface area contributed by atoms with E-state index in [1.165, 1.54) is 24.3 Å². The van der Waals surface area contributed by atoms with E-state index in [2.05, 4.69) is 5.32 Å². The highest BCUT2D eigenvalue weighted by atomic mass is 16.6. The van der Waals surface area contributed by atoms with Crippen LogP contribution in [0.2, 0.25) is 0 Å². The number of rotatable bonds is 5. The van der Waals surface area contributed by atoms with E-state index in [-0.39, 0.29) is 11.4 Å². The molecule has 0 spiro atoms. The van der Waals surface area contributed by atoms with Crippen LogP contribution in [0.15, 0.2) is 60.3 Å². The largest absolute Gasteiger partial charge is 0.477 e. The number of nitrogens with zero attached hydrogens (tertiary/aromatic N) is 1. The second-order valence-electron chi connectivity index (χ2n) is 4.54. The Morgan fingerprint density at radius 2 is 1.78 bits per heavy atom. The molecule has 0 aromatic heterocycles. The van der Waals surface area contributed by atoms with Crippen LogP contribution in [0.4, 0.5) is 5.69 Å². The number of carboxylic acids is 1. The van der Waals surface area contributed by atoms with Gasteiger partial charge in [0.05, 0.1) is 4.92 Å². The minimum Gasteiger partial charge on any atom is -0.477 e. The van der Waals surface area contributed by atoms with Gasteiger partial charge >= 0.3 is 5.97 Å². The predicted octanol–water partition coefficient (Wildman–Crippen LogP) is 2.45. The topological polar surface area (TPSA) is 110 Å². The maximum Gasteiger partial charge on any atom is 0.352 e. The monoisotopic (exact) mass is 312 g/mol. The molecule has 2 rings (SSSR count). The Bertz CT molecular complexity index is 784. The number of aliphatic carboxylic acids is 1. The van der Waals surface area contributed by atoms with Crippen LogP contribution in [-0.4, -0.2) is 21.9 Å². The highest BCUT2D eigenvalue weighted by Gasteiger charge is 2.14. The molecule has 2 N–H and O–H groups in total. The lowest BCUT2D eigenvalue weighted by molar-refractivity contribution is -0.384. The summed E-state index contributed by atoms with van der Waals surface area (Å²) in [6.45, 7) is 0. The van der Waals surface area contributed by atoms with Gasteiger partial charge in [0.15, 0.2) is 0 Å². The number of hydrogen-bond donors (Lipinski definition) is 2. The van der Waals surface area contributed by atoms with Crippen molar-refractivity contribution in [2.24, 2.45) is 0 Å². The summed E-state index contributed by atoms with van der Waals surface area (Å²) in [6, 6.07) is 13.6. The lowest BCUT2D eigenvalue weighted by Crippen LogP contribution is -2.27. The van der Waals surface area contributed by atoms with Crippen LogP contribution in [0, 0.1) is 10.1 Å². The molecule has 23 heavy (non-hydrogen) atoms. The van der Waals surface area contributed by atoms with Gasteiger partial charge in [-0.3, -0.25) is 14.9 Å². The smallest absolute Gasteiger partial charge is 0.352 e. The van der Waals surface area contributed by atoms with E-state index in [0.717, 1.165) is 6.08 Å². The van der Waals surface area contributed by atoms with Crippen molar-refractivity contribution in [2.75, 3.05) is 0 Å². The maximum absolute atomic E-state index is 12.0. The van der Waals surface area contributed by atoms with Crippen molar-refractivity contribution in [1.29, 1.82) is 0 Å². The number of carboxylic acid groups (broad SMARTS) is 1. The van der Waals surface area contributed by atoms with Crippen molar-refractivity contribution >= 4 is 23.6 Å². The summed E-state index contributed by atoms with van der Waals surface area (Å²) in [5, 5.41) is 22.2. The van der Waals surface area contributed by atoms with Gasteiger partial charge in [-0.2, -0.15) is 0 Å². The first kappa shape index (κ1) is 15.9. The summed E-state index contributed by atoms with van der Waals surface area (Å²) in [4.78, 5) is 33.4. The summed E-state index contributed by atoms with van der Waals surface area (Å²) < 4.78 is 0. The first-order chi connectivity index (χ1) is 11.0. The summed E-state index contributed by atoms with van der Waals surface area (Å²) in [5.41, 5.74) is 0.0564. The Labute approximate surface area is 131 Å². The van der Waals surface area contributed by atoms with Gasteiger partial charge in [-0.05, 0) is 23.8 Å². The molecule has 1 amide bonds. The number of amides is 1. The molecular formula is C16H12N2O5. The van der Waals surface area contributed by atoms with Crippen molar-refractivity contribution in [3.63, 3.8) is 0 Å². The van der Waals surface area contributed by atoms with Gasteiger partial charge < -0.3 is 10.4 Å². The van der Waals surface area contributed by atoms with E-state index < -0.39 is 16.8 Å². The Morgan fingerprint density at radius 3 is 2.39 bits per heavy atom. The second-order valence-corrected chi connectivity index (χ2v) is 4.54. The number of non-ortho nitro benzene ring substituents is 1. The molecule has 7 nitrogen and oxygen atoms in total. The molecule has 2 aromatic rings. The molecule has 0 aliphatic heterocycles. The molecule has 0 bridgehead atoms. The molecule has 0 saturated carbocycles. The van der Waals surface area contributed by atoms with Crippen molar-refractivity contribution in [1.82, 2.24) is 5.32 Å². The molecule has 0 aliphatic carbocycles. The third-order valence-corrected chi connectivity index (χ3v) is 2.91. The normalized spacial score (nSPS) is 10.9. The third-order valence-electron chi connectivity index (χ3n) is 2.91. The Morgan fingerprint density at radius 1 is 1.09 bits per heavy atom. The Balaban J connectivity index is 2.28. The molecular weight excluding hydrogens is 300 g/mol. The Hall–Kier alpha value is -3.48. The average Bonchev–Trinajstić information content (AvgIpc) is 2.55. The van der Waals surface area contributed by atoms with E-state index in [4.69, 9.17) is 0 Å². The van der Waals surface area contributed by atoms with Crippen molar-refractivity contribution in [3.8, 4) is 0 Å². The molecule has 0 fully saturated rings. The fourth-order valence-corrected chi connectivity index (χ4v) is 1.83. The van der Waals surface area contributed by atoms with Gasteiger partial charge in [-0.25, -0.2) is 4.79 Å². The van der Waals surface area contributed by atoms with E-state index in [1.807, 2.05) is 0 Å². The minimum absolute atomic E-state index is 0.169. The summed E-state index contributed by atoms with van der Waals surface area (Å²) in [6.07, 6.45) is 1.16. The molecule has 0 aliphatic rings. The van der Waals surface area contributed by atoms with Crippen LogP contribution >= 0.6 is 0 Å². The molecule has 7 heteroatoms. The number of benzene rings is 2. The zero-order valence-electron chi connectivity index (χ0n) is 11.8. The van der Waals surface area contributed by atoms with E-state index in [0.29, 0.717) is 11.1 Å². The summed E-state index contributed by atoms with van der Waals surface area (Å²) >= 11 is 0. The third kappa shape index (κ3) is 4.24. The molecule has 0 atom stereocenters. The first-order valence-electron chi connectivity index (χ1n) is 6.53.